The van der Waals surface area contributed by atoms with Crippen molar-refractivity contribution in [3.8, 4) is 0 Å². The lowest BCUT2D eigenvalue weighted by atomic mass is 10.1. The molecule has 0 fully saturated rings. The van der Waals surface area contributed by atoms with Gasteiger partial charge in [0, 0.05) is 12.1 Å². The van der Waals surface area contributed by atoms with Gasteiger partial charge in [-0.25, -0.2) is 9.97 Å². The number of nitrogens with one attached hydrogen (secondary N) is 1. The molecule has 130 valence electrons. The van der Waals surface area contributed by atoms with Crippen LogP contribution in [0.2, 0.25) is 0 Å². The third-order valence-corrected chi connectivity index (χ3v) is 4.29. The zero-order valence-electron chi connectivity index (χ0n) is 14.9. The number of carbonyl (C=O) groups is 1. The molecule has 2 aromatic heterocycles. The normalized spacial score (nSPS) is 12.5. The molecule has 0 radical (unpaired) electrons. The van der Waals surface area contributed by atoms with Crippen LogP contribution in [0.3, 0.4) is 0 Å². The first-order chi connectivity index (χ1) is 12.0. The predicted octanol–water partition coefficient (Wildman–Crippen LogP) is 2.87. The summed E-state index contributed by atoms with van der Waals surface area (Å²) in [6.07, 6.45) is 1.64. The standard InChI is InChI=1S/C19H22N4O2/c1-12-13(2)22-16-10-14(7-8-15(16)21-12)19(24)20-11-17(23(3)4)18-6-5-9-25-18/h5-10,17H,11H2,1-4H3,(H,20,24). The monoisotopic (exact) mass is 338 g/mol. The van der Waals surface area contributed by atoms with Gasteiger partial charge in [0.1, 0.15) is 5.76 Å². The molecule has 0 aliphatic carbocycles. The van der Waals surface area contributed by atoms with E-state index in [2.05, 4.69) is 15.3 Å². The number of amides is 1. The van der Waals surface area contributed by atoms with Crippen molar-refractivity contribution >= 4 is 16.9 Å². The molecule has 1 unspecified atom stereocenters. The number of fused-ring (bicyclic) bond motifs is 1. The highest BCUT2D eigenvalue weighted by Crippen LogP contribution is 2.18. The fourth-order valence-electron chi connectivity index (χ4n) is 2.68. The molecule has 3 rings (SSSR count). The Balaban J connectivity index is 1.76. The van der Waals surface area contributed by atoms with Crippen molar-refractivity contribution in [2.75, 3.05) is 20.6 Å². The summed E-state index contributed by atoms with van der Waals surface area (Å²) in [6.45, 7) is 4.30. The summed E-state index contributed by atoms with van der Waals surface area (Å²) in [5.74, 6) is 0.682. The van der Waals surface area contributed by atoms with E-state index in [9.17, 15) is 4.79 Å². The summed E-state index contributed by atoms with van der Waals surface area (Å²) in [5.41, 5.74) is 3.86. The second kappa shape index (κ2) is 7.03. The smallest absolute Gasteiger partial charge is 0.251 e. The molecule has 0 aliphatic rings. The van der Waals surface area contributed by atoms with Gasteiger partial charge in [-0.05, 0) is 58.3 Å². The van der Waals surface area contributed by atoms with E-state index < -0.39 is 0 Å². The van der Waals surface area contributed by atoms with Crippen molar-refractivity contribution in [2.24, 2.45) is 0 Å². The molecule has 6 nitrogen and oxygen atoms in total. The van der Waals surface area contributed by atoms with Crippen molar-refractivity contribution < 1.29 is 9.21 Å². The predicted molar refractivity (Wildman–Crippen MR) is 96.5 cm³/mol. The average Bonchev–Trinajstić information content (AvgIpc) is 3.09. The lowest BCUT2D eigenvalue weighted by Crippen LogP contribution is -2.34. The molecule has 1 N–H and O–H groups in total. The number of hydrogen-bond donors (Lipinski definition) is 1. The lowest BCUT2D eigenvalue weighted by Gasteiger charge is -2.22. The number of aromatic nitrogens is 2. The van der Waals surface area contributed by atoms with E-state index >= 15 is 0 Å². The van der Waals surface area contributed by atoms with Crippen LogP contribution in [0, 0.1) is 13.8 Å². The number of likely N-dealkylation sites (N-methyl/N-ethyl adjacent to an activating group) is 1. The van der Waals surface area contributed by atoms with Crippen LogP contribution in [-0.4, -0.2) is 41.4 Å². The first-order valence-electron chi connectivity index (χ1n) is 8.18. The minimum absolute atomic E-state index is 0.0240. The van der Waals surface area contributed by atoms with E-state index in [0.717, 1.165) is 28.2 Å². The van der Waals surface area contributed by atoms with Gasteiger partial charge < -0.3 is 9.73 Å². The summed E-state index contributed by atoms with van der Waals surface area (Å²) in [6, 6.07) is 9.12. The Kier molecular flexibility index (Phi) is 4.81. The fraction of sp³-hybridized carbons (Fsp3) is 0.316. The highest BCUT2D eigenvalue weighted by atomic mass is 16.3. The number of aryl methyl sites for hydroxylation is 2. The Labute approximate surface area is 146 Å². The van der Waals surface area contributed by atoms with Crippen LogP contribution in [0.25, 0.3) is 11.0 Å². The number of carbonyl (C=O) groups excluding carboxylic acids is 1. The Morgan fingerprint density at radius 1 is 1.16 bits per heavy atom. The van der Waals surface area contributed by atoms with Gasteiger partial charge in [0.25, 0.3) is 5.91 Å². The summed E-state index contributed by atoms with van der Waals surface area (Å²) in [4.78, 5) is 23.5. The number of nitrogens with zero attached hydrogens (tertiary/aromatic N) is 3. The minimum atomic E-state index is -0.139. The first-order valence-corrected chi connectivity index (χ1v) is 8.18. The lowest BCUT2D eigenvalue weighted by molar-refractivity contribution is 0.0939. The van der Waals surface area contributed by atoms with Gasteiger partial charge in [-0.3, -0.25) is 9.69 Å². The Morgan fingerprint density at radius 3 is 2.52 bits per heavy atom. The van der Waals surface area contributed by atoms with Gasteiger partial charge in [0.2, 0.25) is 0 Å². The molecule has 1 aromatic carbocycles. The fourth-order valence-corrected chi connectivity index (χ4v) is 2.68. The Bertz CT molecular complexity index is 888. The van der Waals surface area contributed by atoms with Crippen molar-refractivity contribution in [2.45, 2.75) is 19.9 Å². The molecule has 0 saturated carbocycles. The molecule has 0 bridgehead atoms. The Hall–Kier alpha value is -2.73. The van der Waals surface area contributed by atoms with Gasteiger partial charge in [-0.15, -0.1) is 0 Å². The van der Waals surface area contributed by atoms with Gasteiger partial charge in [0.05, 0.1) is 34.7 Å². The molecule has 0 spiro atoms. The maximum Gasteiger partial charge on any atom is 0.251 e. The second-order valence-corrected chi connectivity index (χ2v) is 6.30. The van der Waals surface area contributed by atoms with Crippen LogP contribution in [0.15, 0.2) is 41.0 Å². The second-order valence-electron chi connectivity index (χ2n) is 6.30. The van der Waals surface area contributed by atoms with Crippen molar-refractivity contribution in [3.05, 3.63) is 59.3 Å². The molecule has 6 heteroatoms. The largest absolute Gasteiger partial charge is 0.468 e. The van der Waals surface area contributed by atoms with Crippen LogP contribution in [0.5, 0.6) is 0 Å². The van der Waals surface area contributed by atoms with Crippen LogP contribution in [-0.2, 0) is 0 Å². The third kappa shape index (κ3) is 3.69. The zero-order valence-corrected chi connectivity index (χ0v) is 14.9. The molecule has 0 saturated heterocycles. The van der Waals surface area contributed by atoms with E-state index in [0.29, 0.717) is 12.1 Å². The molecule has 0 aliphatic heterocycles. The molecular weight excluding hydrogens is 316 g/mol. The first kappa shape index (κ1) is 17.1. The van der Waals surface area contributed by atoms with Crippen LogP contribution in [0.4, 0.5) is 0 Å². The van der Waals surface area contributed by atoms with E-state index in [1.807, 2.05) is 51.0 Å². The highest BCUT2D eigenvalue weighted by Gasteiger charge is 2.18. The molecule has 1 atom stereocenters. The summed E-state index contributed by atoms with van der Waals surface area (Å²) >= 11 is 0. The molecule has 25 heavy (non-hydrogen) atoms. The van der Waals surface area contributed by atoms with Gasteiger partial charge >= 0.3 is 0 Å². The number of furan rings is 1. The van der Waals surface area contributed by atoms with Crippen LogP contribution in [0.1, 0.15) is 33.5 Å². The highest BCUT2D eigenvalue weighted by molar-refractivity contribution is 5.97. The maximum atomic E-state index is 12.5. The van der Waals surface area contributed by atoms with E-state index in [1.54, 1.807) is 18.4 Å². The summed E-state index contributed by atoms with van der Waals surface area (Å²) in [7, 11) is 3.91. The number of rotatable bonds is 5. The summed E-state index contributed by atoms with van der Waals surface area (Å²) in [5, 5.41) is 2.97. The molecule has 2 heterocycles. The Morgan fingerprint density at radius 2 is 1.88 bits per heavy atom. The molecular formula is C19H22N4O2. The molecule has 1 amide bonds. The SMILES string of the molecule is Cc1nc2ccc(C(=O)NCC(c3ccco3)N(C)C)cc2nc1C. The van der Waals surface area contributed by atoms with Crippen LogP contribution < -0.4 is 5.32 Å². The van der Waals surface area contributed by atoms with E-state index in [4.69, 9.17) is 4.42 Å². The van der Waals surface area contributed by atoms with Crippen molar-refractivity contribution in [3.63, 3.8) is 0 Å². The van der Waals surface area contributed by atoms with Gasteiger partial charge in [-0.2, -0.15) is 0 Å². The van der Waals surface area contributed by atoms with Gasteiger partial charge in [-0.1, -0.05) is 0 Å². The topological polar surface area (TPSA) is 71.3 Å². The van der Waals surface area contributed by atoms with Gasteiger partial charge in [0.15, 0.2) is 0 Å². The number of benzene rings is 1. The van der Waals surface area contributed by atoms with E-state index in [1.165, 1.54) is 0 Å². The average molecular weight is 338 g/mol. The van der Waals surface area contributed by atoms with E-state index in [-0.39, 0.29) is 11.9 Å². The third-order valence-electron chi connectivity index (χ3n) is 4.29. The van der Waals surface area contributed by atoms with Crippen LogP contribution >= 0.6 is 0 Å². The summed E-state index contributed by atoms with van der Waals surface area (Å²) < 4.78 is 5.47. The zero-order chi connectivity index (χ0) is 18.0. The molecule has 3 aromatic rings. The van der Waals surface area contributed by atoms with Crippen molar-refractivity contribution in [1.82, 2.24) is 20.2 Å². The maximum absolute atomic E-state index is 12.5. The quantitative estimate of drug-likeness (QED) is 0.774. The number of hydrogen-bond acceptors (Lipinski definition) is 5. The van der Waals surface area contributed by atoms with Crippen molar-refractivity contribution in [1.29, 1.82) is 0 Å². The minimum Gasteiger partial charge on any atom is -0.468 e.